The van der Waals surface area contributed by atoms with Gasteiger partial charge in [0.05, 0.1) is 7.11 Å². The number of hydrogen-bond donors (Lipinski definition) is 0. The van der Waals surface area contributed by atoms with Crippen molar-refractivity contribution in [3.05, 3.63) is 48.0 Å². The third-order valence-electron chi connectivity index (χ3n) is 2.34. The number of carbonyl (C=O) groups is 1. The second-order valence-electron chi connectivity index (χ2n) is 3.53. The smallest absolute Gasteiger partial charge is 0.313 e. The molecule has 0 saturated heterocycles. The summed E-state index contributed by atoms with van der Waals surface area (Å²) in [6, 6.07) is 9.41. The SMILES string of the molecule is COC(=O)Cc1ccc(-c2ccc(F)cc2)o1. The highest BCUT2D eigenvalue weighted by molar-refractivity contribution is 5.72. The molecule has 0 bridgehead atoms. The molecule has 0 unspecified atom stereocenters. The molecule has 4 heteroatoms. The molecule has 0 radical (unpaired) electrons. The molecular weight excluding hydrogens is 223 g/mol. The first kappa shape index (κ1) is 11.4. The first-order valence-corrected chi connectivity index (χ1v) is 5.10. The van der Waals surface area contributed by atoms with Crippen LogP contribution in [0, 0.1) is 5.82 Å². The van der Waals surface area contributed by atoms with Gasteiger partial charge in [0, 0.05) is 5.56 Å². The fourth-order valence-corrected chi connectivity index (χ4v) is 1.46. The highest BCUT2D eigenvalue weighted by Crippen LogP contribution is 2.22. The van der Waals surface area contributed by atoms with Crippen molar-refractivity contribution in [2.45, 2.75) is 6.42 Å². The molecule has 0 fully saturated rings. The van der Waals surface area contributed by atoms with Crippen LogP contribution in [0.1, 0.15) is 5.76 Å². The van der Waals surface area contributed by atoms with Crippen molar-refractivity contribution in [2.24, 2.45) is 0 Å². The minimum absolute atomic E-state index is 0.0949. The second kappa shape index (κ2) is 4.82. The van der Waals surface area contributed by atoms with Gasteiger partial charge in [-0.05, 0) is 36.4 Å². The van der Waals surface area contributed by atoms with Crippen molar-refractivity contribution in [1.82, 2.24) is 0 Å². The average molecular weight is 234 g/mol. The van der Waals surface area contributed by atoms with E-state index in [1.165, 1.54) is 19.2 Å². The Morgan fingerprint density at radius 3 is 2.59 bits per heavy atom. The maximum Gasteiger partial charge on any atom is 0.313 e. The molecule has 88 valence electrons. The van der Waals surface area contributed by atoms with Crippen LogP contribution in [0.3, 0.4) is 0 Å². The maximum absolute atomic E-state index is 12.7. The Kier molecular flexibility index (Phi) is 3.23. The monoisotopic (exact) mass is 234 g/mol. The first-order chi connectivity index (χ1) is 8.19. The third kappa shape index (κ3) is 2.72. The largest absolute Gasteiger partial charge is 0.469 e. The highest BCUT2D eigenvalue weighted by atomic mass is 19.1. The van der Waals surface area contributed by atoms with Gasteiger partial charge in [-0.1, -0.05) is 0 Å². The highest BCUT2D eigenvalue weighted by Gasteiger charge is 2.09. The Morgan fingerprint density at radius 2 is 1.94 bits per heavy atom. The molecule has 3 nitrogen and oxygen atoms in total. The maximum atomic E-state index is 12.7. The van der Waals surface area contributed by atoms with Crippen molar-refractivity contribution < 1.29 is 18.3 Å². The Balaban J connectivity index is 2.18. The number of methoxy groups -OCH3 is 1. The summed E-state index contributed by atoms with van der Waals surface area (Å²) in [5.41, 5.74) is 0.766. The molecular formula is C13H11FO3. The van der Waals surface area contributed by atoms with Crippen LogP contribution in [0.2, 0.25) is 0 Å². The summed E-state index contributed by atoms with van der Waals surface area (Å²) >= 11 is 0. The molecule has 0 atom stereocenters. The predicted molar refractivity (Wildman–Crippen MR) is 59.8 cm³/mol. The van der Waals surface area contributed by atoms with Crippen LogP contribution < -0.4 is 0 Å². The van der Waals surface area contributed by atoms with Crippen molar-refractivity contribution in [1.29, 1.82) is 0 Å². The number of carbonyl (C=O) groups excluding carboxylic acids is 1. The van der Waals surface area contributed by atoms with E-state index in [-0.39, 0.29) is 18.2 Å². The molecule has 1 heterocycles. The van der Waals surface area contributed by atoms with Crippen molar-refractivity contribution in [2.75, 3.05) is 7.11 Å². The van der Waals surface area contributed by atoms with Gasteiger partial charge in [0.15, 0.2) is 0 Å². The lowest BCUT2D eigenvalue weighted by atomic mass is 10.2. The summed E-state index contributed by atoms with van der Waals surface area (Å²) in [4.78, 5) is 11.0. The molecule has 1 aromatic carbocycles. The van der Waals surface area contributed by atoms with E-state index in [4.69, 9.17) is 4.42 Å². The molecule has 0 aliphatic heterocycles. The quantitative estimate of drug-likeness (QED) is 0.766. The Labute approximate surface area is 97.8 Å². The summed E-state index contributed by atoms with van der Waals surface area (Å²) in [6.45, 7) is 0. The zero-order chi connectivity index (χ0) is 12.3. The van der Waals surface area contributed by atoms with Gasteiger partial charge in [0.1, 0.15) is 23.8 Å². The van der Waals surface area contributed by atoms with Crippen molar-refractivity contribution in [3.63, 3.8) is 0 Å². The van der Waals surface area contributed by atoms with E-state index < -0.39 is 0 Å². The minimum Gasteiger partial charge on any atom is -0.469 e. The molecule has 0 spiro atoms. The number of benzene rings is 1. The molecule has 0 saturated carbocycles. The van der Waals surface area contributed by atoms with Gasteiger partial charge in [-0.15, -0.1) is 0 Å². The second-order valence-corrected chi connectivity index (χ2v) is 3.53. The number of rotatable bonds is 3. The van der Waals surface area contributed by atoms with Gasteiger partial charge >= 0.3 is 5.97 Å². The lowest BCUT2D eigenvalue weighted by molar-refractivity contribution is -0.140. The molecule has 0 amide bonds. The van der Waals surface area contributed by atoms with E-state index in [1.54, 1.807) is 24.3 Å². The van der Waals surface area contributed by atoms with Gasteiger partial charge in [0.25, 0.3) is 0 Å². The fraction of sp³-hybridized carbons (Fsp3) is 0.154. The van der Waals surface area contributed by atoms with Gasteiger partial charge in [-0.3, -0.25) is 4.79 Å². The normalized spacial score (nSPS) is 10.2. The van der Waals surface area contributed by atoms with Crippen LogP contribution in [0.4, 0.5) is 4.39 Å². The van der Waals surface area contributed by atoms with Crippen LogP contribution in [-0.2, 0) is 16.0 Å². The Morgan fingerprint density at radius 1 is 1.24 bits per heavy atom. The van der Waals surface area contributed by atoms with E-state index >= 15 is 0 Å². The van der Waals surface area contributed by atoms with Crippen molar-refractivity contribution >= 4 is 5.97 Å². The van der Waals surface area contributed by atoms with E-state index in [9.17, 15) is 9.18 Å². The molecule has 1 aromatic heterocycles. The van der Waals surface area contributed by atoms with Gasteiger partial charge in [-0.2, -0.15) is 0 Å². The van der Waals surface area contributed by atoms with E-state index in [0.717, 1.165) is 5.56 Å². The predicted octanol–water partition coefficient (Wildman–Crippen LogP) is 2.80. The summed E-state index contributed by atoms with van der Waals surface area (Å²) in [5, 5.41) is 0. The van der Waals surface area contributed by atoms with Gasteiger partial charge < -0.3 is 9.15 Å². The standard InChI is InChI=1S/C13H11FO3/c1-16-13(15)8-11-6-7-12(17-11)9-2-4-10(14)5-3-9/h2-7H,8H2,1H3. The first-order valence-electron chi connectivity index (χ1n) is 5.10. The number of halogens is 1. The van der Waals surface area contributed by atoms with Gasteiger partial charge in [0.2, 0.25) is 0 Å². The number of esters is 1. The Bertz CT molecular complexity index is 514. The zero-order valence-corrected chi connectivity index (χ0v) is 9.27. The van der Waals surface area contributed by atoms with Crippen LogP contribution in [0.25, 0.3) is 11.3 Å². The molecule has 0 N–H and O–H groups in total. The van der Waals surface area contributed by atoms with E-state index in [0.29, 0.717) is 11.5 Å². The lowest BCUT2D eigenvalue weighted by Gasteiger charge is -1.97. The fourth-order valence-electron chi connectivity index (χ4n) is 1.46. The van der Waals surface area contributed by atoms with E-state index in [2.05, 4.69) is 4.74 Å². The Hall–Kier alpha value is -2.10. The molecule has 2 rings (SSSR count). The van der Waals surface area contributed by atoms with Crippen LogP contribution in [-0.4, -0.2) is 13.1 Å². The summed E-state index contributed by atoms with van der Waals surface area (Å²) in [6.07, 6.45) is 0.0949. The number of furan rings is 1. The van der Waals surface area contributed by atoms with Gasteiger partial charge in [-0.25, -0.2) is 4.39 Å². The minimum atomic E-state index is -0.356. The van der Waals surface area contributed by atoms with Crippen molar-refractivity contribution in [3.8, 4) is 11.3 Å². The summed E-state index contributed by atoms with van der Waals surface area (Å²) < 4.78 is 22.7. The zero-order valence-electron chi connectivity index (χ0n) is 9.27. The molecule has 0 aliphatic carbocycles. The third-order valence-corrected chi connectivity index (χ3v) is 2.34. The molecule has 2 aromatic rings. The van der Waals surface area contributed by atoms with E-state index in [1.807, 2.05) is 0 Å². The van der Waals surface area contributed by atoms with Crippen LogP contribution >= 0.6 is 0 Å². The number of hydrogen-bond acceptors (Lipinski definition) is 3. The average Bonchev–Trinajstić information content (AvgIpc) is 2.78. The van der Waals surface area contributed by atoms with Crippen LogP contribution in [0.15, 0.2) is 40.8 Å². The van der Waals surface area contributed by atoms with Crippen LogP contribution in [0.5, 0.6) is 0 Å². The number of ether oxygens (including phenoxy) is 1. The lowest BCUT2D eigenvalue weighted by Crippen LogP contribution is -2.03. The molecule has 17 heavy (non-hydrogen) atoms. The summed E-state index contributed by atoms with van der Waals surface area (Å²) in [5.74, 6) is 0.472. The topological polar surface area (TPSA) is 39.4 Å². The molecule has 0 aliphatic rings. The summed E-state index contributed by atoms with van der Waals surface area (Å²) in [7, 11) is 1.33.